The van der Waals surface area contributed by atoms with Gasteiger partial charge in [-0.25, -0.2) is 9.59 Å². The highest BCUT2D eigenvalue weighted by molar-refractivity contribution is 5.84. The monoisotopic (exact) mass is 570 g/mol. The van der Waals surface area contributed by atoms with Crippen molar-refractivity contribution in [3.63, 3.8) is 0 Å². The third-order valence-corrected chi connectivity index (χ3v) is 8.41. The summed E-state index contributed by atoms with van der Waals surface area (Å²) < 4.78 is 11.4. The number of carbonyl (C=O) groups is 3. The average molecular weight is 571 g/mol. The molecule has 0 aliphatic heterocycles. The SMILES string of the molecule is C[C@H](OCc1ccccc1)[C@@H](NC(=O)CC1CCC(CNC(=O)OCC2c3ccccc3-c3ccccc32)C1)C(=O)O. The number of rotatable bonds is 12. The molecule has 2 amide bonds. The van der Waals surface area contributed by atoms with Gasteiger partial charge >= 0.3 is 12.1 Å². The van der Waals surface area contributed by atoms with Crippen LogP contribution in [0.1, 0.15) is 55.2 Å². The Bertz CT molecular complexity index is 1350. The van der Waals surface area contributed by atoms with Crippen molar-refractivity contribution in [3.05, 3.63) is 95.6 Å². The van der Waals surface area contributed by atoms with E-state index in [0.717, 1.165) is 24.8 Å². The lowest BCUT2D eigenvalue weighted by Crippen LogP contribution is -2.48. The van der Waals surface area contributed by atoms with E-state index in [1.54, 1.807) is 6.92 Å². The highest BCUT2D eigenvalue weighted by Crippen LogP contribution is 2.44. The van der Waals surface area contributed by atoms with E-state index >= 15 is 0 Å². The second kappa shape index (κ2) is 13.7. The molecule has 2 aliphatic rings. The molecule has 2 unspecified atom stereocenters. The van der Waals surface area contributed by atoms with Gasteiger partial charge in [0.15, 0.2) is 6.04 Å². The van der Waals surface area contributed by atoms with Gasteiger partial charge in [-0.05, 0) is 65.8 Å². The molecule has 3 aromatic carbocycles. The highest BCUT2D eigenvalue weighted by Gasteiger charge is 2.32. The van der Waals surface area contributed by atoms with E-state index in [4.69, 9.17) is 9.47 Å². The van der Waals surface area contributed by atoms with Crippen molar-refractivity contribution in [2.45, 2.75) is 57.3 Å². The molecule has 8 nitrogen and oxygen atoms in total. The maximum Gasteiger partial charge on any atom is 0.407 e. The Kier molecular flexibility index (Phi) is 9.54. The Morgan fingerprint density at radius 1 is 0.881 bits per heavy atom. The standard InChI is InChI=1S/C34H38N2O6/c1-22(41-20-23-9-3-2-4-10-23)32(33(38)39)36-31(37)18-24-15-16-25(17-24)19-35-34(40)42-21-30-28-13-7-5-11-26(28)27-12-6-8-14-29(27)30/h2-14,22,24-25,30,32H,15-21H2,1H3,(H,35,40)(H,36,37)(H,38,39)/t22-,24?,25?,32+/m0/s1. The van der Waals surface area contributed by atoms with Gasteiger partial charge in [-0.15, -0.1) is 0 Å². The number of alkyl carbamates (subject to hydrolysis) is 1. The van der Waals surface area contributed by atoms with Crippen LogP contribution < -0.4 is 10.6 Å². The third kappa shape index (κ3) is 7.18. The summed E-state index contributed by atoms with van der Waals surface area (Å²) in [5.41, 5.74) is 5.65. The zero-order valence-electron chi connectivity index (χ0n) is 23.8. The topological polar surface area (TPSA) is 114 Å². The van der Waals surface area contributed by atoms with E-state index in [-0.39, 0.29) is 43.3 Å². The molecule has 0 heterocycles. The summed E-state index contributed by atoms with van der Waals surface area (Å²) in [6, 6.07) is 24.8. The Hall–Kier alpha value is -4.17. The molecule has 1 saturated carbocycles. The number of benzene rings is 3. The summed E-state index contributed by atoms with van der Waals surface area (Å²) in [5.74, 6) is -1.03. The second-order valence-corrected chi connectivity index (χ2v) is 11.3. The first-order valence-corrected chi connectivity index (χ1v) is 14.7. The Morgan fingerprint density at radius 3 is 2.17 bits per heavy atom. The predicted octanol–water partition coefficient (Wildman–Crippen LogP) is 5.51. The van der Waals surface area contributed by atoms with Crippen LogP contribution in [0, 0.1) is 11.8 Å². The minimum absolute atomic E-state index is 0.0126. The minimum Gasteiger partial charge on any atom is -0.480 e. The van der Waals surface area contributed by atoms with Gasteiger partial charge in [-0.2, -0.15) is 0 Å². The van der Waals surface area contributed by atoms with Crippen molar-refractivity contribution < 1.29 is 29.0 Å². The number of carbonyl (C=O) groups excluding carboxylic acids is 2. The molecule has 1 fully saturated rings. The van der Waals surface area contributed by atoms with E-state index in [2.05, 4.69) is 34.9 Å². The summed E-state index contributed by atoms with van der Waals surface area (Å²) in [5, 5.41) is 15.2. The van der Waals surface area contributed by atoms with E-state index in [1.807, 2.05) is 54.6 Å². The fraction of sp³-hybridized carbons (Fsp3) is 0.382. The summed E-state index contributed by atoms with van der Waals surface area (Å²) in [4.78, 5) is 37.1. The van der Waals surface area contributed by atoms with Crippen LogP contribution in [0.5, 0.6) is 0 Å². The molecule has 0 radical (unpaired) electrons. The van der Waals surface area contributed by atoms with Crippen LogP contribution in [0.25, 0.3) is 11.1 Å². The molecule has 220 valence electrons. The van der Waals surface area contributed by atoms with Crippen molar-refractivity contribution in [1.82, 2.24) is 10.6 Å². The highest BCUT2D eigenvalue weighted by atomic mass is 16.5. The lowest BCUT2D eigenvalue weighted by molar-refractivity contribution is -0.146. The number of nitrogens with one attached hydrogen (secondary N) is 2. The number of hydrogen-bond donors (Lipinski definition) is 3. The van der Waals surface area contributed by atoms with Crippen LogP contribution in [-0.4, -0.2) is 48.4 Å². The minimum atomic E-state index is -1.13. The summed E-state index contributed by atoms with van der Waals surface area (Å²) in [6.07, 6.45) is 1.64. The molecule has 0 aromatic heterocycles. The maximum absolute atomic E-state index is 12.7. The normalized spacial score (nSPS) is 18.9. The van der Waals surface area contributed by atoms with E-state index < -0.39 is 24.2 Å². The van der Waals surface area contributed by atoms with Gasteiger partial charge in [0.25, 0.3) is 0 Å². The number of aliphatic carboxylic acids is 1. The summed E-state index contributed by atoms with van der Waals surface area (Å²) >= 11 is 0. The molecule has 4 atom stereocenters. The zero-order chi connectivity index (χ0) is 29.5. The quantitative estimate of drug-likeness (QED) is 0.265. The molecule has 5 rings (SSSR count). The van der Waals surface area contributed by atoms with Gasteiger partial charge in [0.2, 0.25) is 5.91 Å². The Morgan fingerprint density at radius 2 is 1.50 bits per heavy atom. The summed E-state index contributed by atoms with van der Waals surface area (Å²) in [6.45, 7) is 2.67. The molecule has 3 N–H and O–H groups in total. The maximum atomic E-state index is 12.7. The van der Waals surface area contributed by atoms with E-state index in [1.165, 1.54) is 22.3 Å². The van der Waals surface area contributed by atoms with Crippen LogP contribution in [0.2, 0.25) is 0 Å². The molecule has 0 saturated heterocycles. The average Bonchev–Trinajstić information content (AvgIpc) is 3.58. The van der Waals surface area contributed by atoms with Crippen LogP contribution in [0.3, 0.4) is 0 Å². The van der Waals surface area contributed by atoms with Crippen molar-refractivity contribution in [3.8, 4) is 11.1 Å². The lowest BCUT2D eigenvalue weighted by atomic mass is 9.98. The van der Waals surface area contributed by atoms with Crippen molar-refractivity contribution in [2.75, 3.05) is 13.2 Å². The smallest absolute Gasteiger partial charge is 0.407 e. The largest absolute Gasteiger partial charge is 0.480 e. The molecular formula is C34H38N2O6. The van der Waals surface area contributed by atoms with Gasteiger partial charge < -0.3 is 25.2 Å². The second-order valence-electron chi connectivity index (χ2n) is 11.3. The first-order chi connectivity index (χ1) is 20.4. The number of fused-ring (bicyclic) bond motifs is 3. The fourth-order valence-corrected chi connectivity index (χ4v) is 6.20. The molecule has 42 heavy (non-hydrogen) atoms. The fourth-order valence-electron chi connectivity index (χ4n) is 6.20. The molecule has 0 spiro atoms. The summed E-state index contributed by atoms with van der Waals surface area (Å²) in [7, 11) is 0. The molecule has 3 aromatic rings. The van der Waals surface area contributed by atoms with Crippen LogP contribution in [0.4, 0.5) is 4.79 Å². The van der Waals surface area contributed by atoms with Gasteiger partial charge in [-0.3, -0.25) is 4.79 Å². The number of amides is 2. The van der Waals surface area contributed by atoms with E-state index in [0.29, 0.717) is 6.54 Å². The molecule has 8 heteroatoms. The van der Waals surface area contributed by atoms with Crippen molar-refractivity contribution in [2.24, 2.45) is 11.8 Å². The Balaban J connectivity index is 1.03. The first-order valence-electron chi connectivity index (χ1n) is 14.7. The third-order valence-electron chi connectivity index (χ3n) is 8.41. The van der Waals surface area contributed by atoms with Crippen LogP contribution in [0.15, 0.2) is 78.9 Å². The van der Waals surface area contributed by atoms with Crippen LogP contribution in [-0.2, 0) is 25.7 Å². The van der Waals surface area contributed by atoms with E-state index in [9.17, 15) is 19.5 Å². The van der Waals surface area contributed by atoms with Crippen molar-refractivity contribution >= 4 is 18.0 Å². The zero-order valence-corrected chi connectivity index (χ0v) is 23.8. The van der Waals surface area contributed by atoms with Gasteiger partial charge in [0, 0.05) is 18.9 Å². The molecular weight excluding hydrogens is 532 g/mol. The van der Waals surface area contributed by atoms with Crippen molar-refractivity contribution in [1.29, 1.82) is 0 Å². The van der Waals surface area contributed by atoms with Crippen LogP contribution >= 0.6 is 0 Å². The lowest BCUT2D eigenvalue weighted by Gasteiger charge is -2.22. The number of carboxylic acid groups (broad SMARTS) is 1. The number of hydrogen-bond acceptors (Lipinski definition) is 5. The molecule has 2 aliphatic carbocycles. The molecule has 0 bridgehead atoms. The number of carboxylic acids is 1. The van der Waals surface area contributed by atoms with Gasteiger partial charge in [0.1, 0.15) is 6.61 Å². The first kappa shape index (κ1) is 29.3. The van der Waals surface area contributed by atoms with Gasteiger partial charge in [0.05, 0.1) is 12.7 Å². The van der Waals surface area contributed by atoms with Gasteiger partial charge in [-0.1, -0.05) is 78.9 Å². The Labute approximate surface area is 246 Å². The number of ether oxygens (including phenoxy) is 2. The predicted molar refractivity (Wildman–Crippen MR) is 159 cm³/mol.